The van der Waals surface area contributed by atoms with E-state index in [-0.39, 0.29) is 0 Å². The Morgan fingerprint density at radius 1 is 1.33 bits per heavy atom. The molecule has 2 atom stereocenters. The van der Waals surface area contributed by atoms with Crippen molar-refractivity contribution >= 4 is 11.3 Å². The molecule has 1 aliphatic rings. The first-order valence-corrected chi connectivity index (χ1v) is 8.61. The molecule has 0 saturated heterocycles. The lowest BCUT2D eigenvalue weighted by atomic mass is 9.84. The van der Waals surface area contributed by atoms with E-state index in [9.17, 15) is 0 Å². The van der Waals surface area contributed by atoms with Crippen LogP contribution in [0.15, 0.2) is 9.90 Å². The monoisotopic (exact) mass is 306 g/mol. The second-order valence-corrected chi connectivity index (χ2v) is 6.70. The van der Waals surface area contributed by atoms with Crippen LogP contribution in [0.2, 0.25) is 0 Å². The SMILES string of the molecule is CCNC1CCCCC1c1nc(Cc2csc(C)n2)no1. The first-order valence-electron chi connectivity index (χ1n) is 7.73. The van der Waals surface area contributed by atoms with Crippen molar-refractivity contribution in [1.82, 2.24) is 20.4 Å². The van der Waals surface area contributed by atoms with Crippen LogP contribution in [0.4, 0.5) is 0 Å². The van der Waals surface area contributed by atoms with E-state index in [1.54, 1.807) is 11.3 Å². The zero-order chi connectivity index (χ0) is 14.7. The summed E-state index contributed by atoms with van der Waals surface area (Å²) in [6.07, 6.45) is 5.52. The van der Waals surface area contributed by atoms with Crippen molar-refractivity contribution in [3.63, 3.8) is 0 Å². The summed E-state index contributed by atoms with van der Waals surface area (Å²) in [5.74, 6) is 1.90. The Labute approximate surface area is 129 Å². The predicted molar refractivity (Wildman–Crippen MR) is 82.6 cm³/mol. The zero-order valence-corrected chi connectivity index (χ0v) is 13.4. The zero-order valence-electron chi connectivity index (χ0n) is 12.6. The lowest BCUT2D eigenvalue weighted by Crippen LogP contribution is -2.37. The van der Waals surface area contributed by atoms with Gasteiger partial charge < -0.3 is 9.84 Å². The van der Waals surface area contributed by atoms with Gasteiger partial charge in [0.1, 0.15) is 0 Å². The summed E-state index contributed by atoms with van der Waals surface area (Å²) in [4.78, 5) is 9.07. The maximum absolute atomic E-state index is 5.53. The van der Waals surface area contributed by atoms with Crippen molar-refractivity contribution in [2.75, 3.05) is 6.54 Å². The fourth-order valence-corrected chi connectivity index (χ4v) is 3.69. The van der Waals surface area contributed by atoms with Crippen LogP contribution in [0.1, 0.15) is 60.9 Å². The van der Waals surface area contributed by atoms with Crippen molar-refractivity contribution in [3.8, 4) is 0 Å². The lowest BCUT2D eigenvalue weighted by Gasteiger charge is -2.29. The van der Waals surface area contributed by atoms with Crippen LogP contribution in [0.25, 0.3) is 0 Å². The van der Waals surface area contributed by atoms with E-state index in [0.29, 0.717) is 18.4 Å². The Kier molecular flexibility index (Phi) is 4.65. The van der Waals surface area contributed by atoms with E-state index in [1.165, 1.54) is 19.3 Å². The highest BCUT2D eigenvalue weighted by atomic mass is 32.1. The maximum Gasteiger partial charge on any atom is 0.231 e. The van der Waals surface area contributed by atoms with Crippen LogP contribution in [0.5, 0.6) is 0 Å². The van der Waals surface area contributed by atoms with Gasteiger partial charge in [0.2, 0.25) is 5.89 Å². The molecule has 0 radical (unpaired) electrons. The van der Waals surface area contributed by atoms with Gasteiger partial charge in [0.25, 0.3) is 0 Å². The number of nitrogens with zero attached hydrogens (tertiary/aromatic N) is 3. The summed E-state index contributed by atoms with van der Waals surface area (Å²) >= 11 is 1.66. The van der Waals surface area contributed by atoms with Gasteiger partial charge in [-0.1, -0.05) is 24.9 Å². The number of aryl methyl sites for hydroxylation is 1. The first kappa shape index (κ1) is 14.7. The number of rotatable bonds is 5. The lowest BCUT2D eigenvalue weighted by molar-refractivity contribution is 0.264. The van der Waals surface area contributed by atoms with E-state index in [0.717, 1.165) is 35.4 Å². The first-order chi connectivity index (χ1) is 10.3. The normalized spacial score (nSPS) is 22.6. The Balaban J connectivity index is 1.71. The van der Waals surface area contributed by atoms with Crippen molar-refractivity contribution in [1.29, 1.82) is 0 Å². The Hall–Kier alpha value is -1.27. The summed E-state index contributed by atoms with van der Waals surface area (Å²) in [5.41, 5.74) is 1.02. The third-order valence-corrected chi connectivity index (χ3v) is 4.86. The molecule has 1 saturated carbocycles. The number of hydrogen-bond donors (Lipinski definition) is 1. The van der Waals surface area contributed by atoms with Gasteiger partial charge in [-0.25, -0.2) is 4.98 Å². The molecular weight excluding hydrogens is 284 g/mol. The van der Waals surface area contributed by atoms with Crippen LogP contribution in [-0.4, -0.2) is 27.7 Å². The molecule has 0 aliphatic heterocycles. The highest BCUT2D eigenvalue weighted by Gasteiger charge is 2.30. The molecule has 6 heteroatoms. The third-order valence-electron chi connectivity index (χ3n) is 4.04. The smallest absolute Gasteiger partial charge is 0.231 e. The molecule has 0 aromatic carbocycles. The molecule has 2 aromatic heterocycles. The van der Waals surface area contributed by atoms with Gasteiger partial charge in [0.15, 0.2) is 5.82 Å². The van der Waals surface area contributed by atoms with Gasteiger partial charge in [0, 0.05) is 11.4 Å². The Morgan fingerprint density at radius 2 is 2.19 bits per heavy atom. The van der Waals surface area contributed by atoms with E-state index >= 15 is 0 Å². The van der Waals surface area contributed by atoms with E-state index in [4.69, 9.17) is 4.52 Å². The van der Waals surface area contributed by atoms with Gasteiger partial charge in [0.05, 0.1) is 23.0 Å². The molecule has 3 rings (SSSR count). The number of thiazole rings is 1. The third kappa shape index (κ3) is 3.49. The van der Waals surface area contributed by atoms with Crippen LogP contribution in [-0.2, 0) is 6.42 Å². The molecule has 0 bridgehead atoms. The van der Waals surface area contributed by atoms with Gasteiger partial charge in [-0.2, -0.15) is 4.98 Å². The highest BCUT2D eigenvalue weighted by molar-refractivity contribution is 7.09. The molecule has 2 aromatic rings. The van der Waals surface area contributed by atoms with Crippen molar-refractivity contribution in [2.45, 2.75) is 57.9 Å². The minimum Gasteiger partial charge on any atom is -0.339 e. The van der Waals surface area contributed by atoms with Gasteiger partial charge in [-0.15, -0.1) is 11.3 Å². The Bertz CT molecular complexity index is 578. The largest absolute Gasteiger partial charge is 0.339 e. The van der Waals surface area contributed by atoms with Gasteiger partial charge in [-0.3, -0.25) is 0 Å². The van der Waals surface area contributed by atoms with Crippen LogP contribution >= 0.6 is 11.3 Å². The molecule has 1 N–H and O–H groups in total. The molecule has 21 heavy (non-hydrogen) atoms. The summed E-state index contributed by atoms with van der Waals surface area (Å²) in [6.45, 7) is 5.15. The van der Waals surface area contributed by atoms with E-state index in [2.05, 4.69) is 32.7 Å². The topological polar surface area (TPSA) is 63.8 Å². The standard InChI is InChI=1S/C15H22N4OS/c1-3-16-13-7-5-4-6-12(13)15-18-14(19-20-15)8-11-9-21-10(2)17-11/h9,12-13,16H,3-8H2,1-2H3. The number of nitrogens with one attached hydrogen (secondary N) is 1. The molecule has 114 valence electrons. The molecule has 1 fully saturated rings. The Morgan fingerprint density at radius 3 is 2.95 bits per heavy atom. The fourth-order valence-electron chi connectivity index (χ4n) is 3.07. The van der Waals surface area contributed by atoms with Crippen LogP contribution < -0.4 is 5.32 Å². The second-order valence-electron chi connectivity index (χ2n) is 5.64. The van der Waals surface area contributed by atoms with Crippen molar-refractivity contribution < 1.29 is 4.52 Å². The summed E-state index contributed by atoms with van der Waals surface area (Å²) in [6, 6.07) is 0.471. The molecule has 2 heterocycles. The number of aromatic nitrogens is 3. The maximum atomic E-state index is 5.53. The number of hydrogen-bond acceptors (Lipinski definition) is 6. The second kappa shape index (κ2) is 6.66. The van der Waals surface area contributed by atoms with E-state index in [1.807, 2.05) is 6.92 Å². The highest BCUT2D eigenvalue weighted by Crippen LogP contribution is 2.32. The van der Waals surface area contributed by atoms with Crippen LogP contribution in [0, 0.1) is 6.92 Å². The predicted octanol–water partition coefficient (Wildman–Crippen LogP) is 3.06. The van der Waals surface area contributed by atoms with Gasteiger partial charge in [-0.05, 0) is 26.3 Å². The fraction of sp³-hybridized carbons (Fsp3) is 0.667. The molecule has 0 amide bonds. The quantitative estimate of drug-likeness (QED) is 0.919. The van der Waals surface area contributed by atoms with E-state index < -0.39 is 0 Å². The summed E-state index contributed by atoms with van der Waals surface area (Å²) < 4.78 is 5.53. The molecular formula is C15H22N4OS. The van der Waals surface area contributed by atoms with Crippen molar-refractivity contribution in [2.24, 2.45) is 0 Å². The number of likely N-dealkylation sites (N-methyl/N-ethyl adjacent to an activating group) is 1. The average molecular weight is 306 g/mol. The minimum absolute atomic E-state index is 0.358. The summed E-state index contributed by atoms with van der Waals surface area (Å²) in [5, 5.41) is 10.8. The van der Waals surface area contributed by atoms with Crippen molar-refractivity contribution in [3.05, 3.63) is 27.8 Å². The van der Waals surface area contributed by atoms with Crippen LogP contribution in [0.3, 0.4) is 0 Å². The molecule has 2 unspecified atom stereocenters. The minimum atomic E-state index is 0.358. The molecule has 0 spiro atoms. The average Bonchev–Trinajstić information content (AvgIpc) is 3.10. The van der Waals surface area contributed by atoms with Gasteiger partial charge >= 0.3 is 0 Å². The summed E-state index contributed by atoms with van der Waals surface area (Å²) in [7, 11) is 0. The molecule has 5 nitrogen and oxygen atoms in total. The molecule has 1 aliphatic carbocycles.